The van der Waals surface area contributed by atoms with E-state index in [0.29, 0.717) is 5.69 Å². The number of amidine groups is 1. The van der Waals surface area contributed by atoms with Crippen LogP contribution >= 0.6 is 11.8 Å². The number of primary amides is 1. The Kier molecular flexibility index (Phi) is 6.01. The quantitative estimate of drug-likeness (QED) is 0.483. The van der Waals surface area contributed by atoms with E-state index >= 15 is 0 Å². The lowest BCUT2D eigenvalue weighted by atomic mass is 10.1. The van der Waals surface area contributed by atoms with E-state index in [1.807, 2.05) is 49.4 Å². The van der Waals surface area contributed by atoms with E-state index in [-0.39, 0.29) is 16.5 Å². The Morgan fingerprint density at radius 3 is 2.43 bits per heavy atom. The molecule has 3 aromatic rings. The van der Waals surface area contributed by atoms with E-state index in [4.69, 9.17) is 5.73 Å². The van der Waals surface area contributed by atoms with E-state index in [1.165, 1.54) is 12.1 Å². The van der Waals surface area contributed by atoms with E-state index in [9.17, 15) is 13.2 Å². The molecule has 0 spiro atoms. The highest BCUT2D eigenvalue weighted by molar-refractivity contribution is 8.14. The van der Waals surface area contributed by atoms with Crippen LogP contribution in [0, 0.1) is 6.92 Å². The molecule has 28 heavy (non-hydrogen) atoms. The molecule has 3 aromatic carbocycles. The molecule has 3 N–H and O–H groups in total. The Hall–Kier alpha value is -2.84. The molecule has 0 atom stereocenters. The number of hydrogen-bond donors (Lipinski definition) is 2. The second kappa shape index (κ2) is 8.45. The summed E-state index contributed by atoms with van der Waals surface area (Å²) < 4.78 is 29.3. The third-order valence-corrected chi connectivity index (χ3v) is 6.00. The van der Waals surface area contributed by atoms with Crippen molar-refractivity contribution in [1.29, 1.82) is 0 Å². The number of anilines is 1. The highest BCUT2D eigenvalue weighted by atomic mass is 32.2. The van der Waals surface area contributed by atoms with Crippen molar-refractivity contribution in [3.05, 3.63) is 72.3 Å². The van der Waals surface area contributed by atoms with Crippen LogP contribution in [0.25, 0.3) is 10.8 Å². The largest absolute Gasteiger partial charge is 0.361 e. The highest BCUT2D eigenvalue weighted by Gasteiger charge is 2.16. The fourth-order valence-corrected chi connectivity index (χ4v) is 4.11. The minimum atomic E-state index is -3.94. The summed E-state index contributed by atoms with van der Waals surface area (Å²) in [4.78, 5) is 11.3. The Bertz CT molecular complexity index is 1140. The lowest BCUT2D eigenvalue weighted by molar-refractivity contribution is 0.267. The summed E-state index contributed by atoms with van der Waals surface area (Å²) in [5.41, 5.74) is 6.85. The molecule has 1 amide bonds. The van der Waals surface area contributed by atoms with Crippen LogP contribution in [0.1, 0.15) is 5.56 Å². The van der Waals surface area contributed by atoms with Crippen LogP contribution in [0.15, 0.2) is 76.0 Å². The zero-order chi connectivity index (χ0) is 20.1. The van der Waals surface area contributed by atoms with E-state index in [2.05, 4.69) is 9.71 Å². The lowest BCUT2D eigenvalue weighted by Gasteiger charge is -2.12. The fourth-order valence-electron chi connectivity index (χ4n) is 2.62. The molecule has 0 aliphatic rings. The SMILES string of the molecule is Cc1ccc(S(=O)(=O)/N=C(/CSC(N)=O)Nc2cccc3ccccc23)cc1. The molecule has 0 aliphatic carbocycles. The van der Waals surface area contributed by atoms with Crippen LogP contribution in [0.5, 0.6) is 0 Å². The smallest absolute Gasteiger partial charge is 0.283 e. The Morgan fingerprint density at radius 1 is 1.04 bits per heavy atom. The van der Waals surface area contributed by atoms with Gasteiger partial charge in [-0.2, -0.15) is 8.42 Å². The number of aryl methyl sites for hydroxylation is 1. The van der Waals surface area contributed by atoms with Crippen LogP contribution in [-0.4, -0.2) is 25.2 Å². The van der Waals surface area contributed by atoms with Crippen molar-refractivity contribution in [1.82, 2.24) is 0 Å². The van der Waals surface area contributed by atoms with Crippen LogP contribution in [0.2, 0.25) is 0 Å². The molecule has 0 unspecified atom stereocenters. The summed E-state index contributed by atoms with van der Waals surface area (Å²) in [5, 5.41) is 4.35. The van der Waals surface area contributed by atoms with Gasteiger partial charge >= 0.3 is 0 Å². The van der Waals surface area contributed by atoms with Gasteiger partial charge in [0.1, 0.15) is 5.84 Å². The summed E-state index contributed by atoms with van der Waals surface area (Å²) >= 11 is 0.783. The summed E-state index contributed by atoms with van der Waals surface area (Å²) in [7, 11) is -3.94. The zero-order valence-corrected chi connectivity index (χ0v) is 16.8. The van der Waals surface area contributed by atoms with Gasteiger partial charge in [-0.05, 0) is 30.5 Å². The molecule has 0 aromatic heterocycles. The maximum atomic E-state index is 12.7. The molecular formula is C20H19N3O3S2. The first-order valence-corrected chi connectivity index (χ1v) is 10.9. The molecule has 0 bridgehead atoms. The number of benzene rings is 3. The first-order valence-electron chi connectivity index (χ1n) is 8.43. The first-order chi connectivity index (χ1) is 13.3. The van der Waals surface area contributed by atoms with Gasteiger partial charge in [-0.1, -0.05) is 65.9 Å². The van der Waals surface area contributed by atoms with Gasteiger partial charge in [0.2, 0.25) is 0 Å². The number of fused-ring (bicyclic) bond motifs is 1. The molecule has 0 heterocycles. The molecule has 0 aliphatic heterocycles. The minimum Gasteiger partial charge on any atom is -0.361 e. The number of nitrogens with two attached hydrogens (primary N) is 1. The molecule has 8 heteroatoms. The first kappa shape index (κ1) is 19.9. The van der Waals surface area contributed by atoms with E-state index in [0.717, 1.165) is 28.1 Å². The van der Waals surface area contributed by atoms with E-state index < -0.39 is 15.3 Å². The monoisotopic (exact) mass is 413 g/mol. The molecule has 3 rings (SSSR count). The third kappa shape index (κ3) is 4.90. The van der Waals surface area contributed by atoms with E-state index in [1.54, 1.807) is 12.1 Å². The van der Waals surface area contributed by atoms with Crippen LogP contribution in [0.3, 0.4) is 0 Å². The summed E-state index contributed by atoms with van der Waals surface area (Å²) in [6.45, 7) is 1.87. The van der Waals surface area contributed by atoms with Gasteiger partial charge in [-0.15, -0.1) is 4.40 Å². The number of sulfonamides is 1. The van der Waals surface area contributed by atoms with Gasteiger partial charge in [0.25, 0.3) is 15.3 Å². The molecular weight excluding hydrogens is 394 g/mol. The predicted molar refractivity (Wildman–Crippen MR) is 115 cm³/mol. The fraction of sp³-hybridized carbons (Fsp3) is 0.100. The number of carbonyl (C=O) groups is 1. The number of nitrogens with zero attached hydrogens (tertiary/aromatic N) is 1. The Morgan fingerprint density at radius 2 is 1.71 bits per heavy atom. The number of nitrogens with one attached hydrogen (secondary N) is 1. The highest BCUT2D eigenvalue weighted by Crippen LogP contribution is 2.24. The number of hydrogen-bond acceptors (Lipinski definition) is 4. The van der Waals surface area contributed by atoms with Crippen LogP contribution in [0.4, 0.5) is 10.5 Å². The number of thioether (sulfide) groups is 1. The molecule has 0 saturated heterocycles. The summed E-state index contributed by atoms with van der Waals surface area (Å²) in [6.07, 6.45) is 0. The van der Waals surface area contributed by atoms with Crippen LogP contribution in [-0.2, 0) is 10.0 Å². The molecule has 0 radical (unpaired) electrons. The Balaban J connectivity index is 1.99. The second-order valence-corrected chi connectivity index (χ2v) is 8.67. The van der Waals surface area contributed by atoms with Crippen molar-refractivity contribution in [2.75, 3.05) is 11.1 Å². The molecule has 6 nitrogen and oxygen atoms in total. The van der Waals surface area contributed by atoms with Crippen molar-refractivity contribution in [2.45, 2.75) is 11.8 Å². The van der Waals surface area contributed by atoms with Crippen LogP contribution < -0.4 is 11.1 Å². The molecule has 0 fully saturated rings. The molecule has 0 saturated carbocycles. The summed E-state index contributed by atoms with van der Waals surface area (Å²) in [5.74, 6) is 0.129. The average molecular weight is 414 g/mol. The van der Waals surface area contributed by atoms with Crippen molar-refractivity contribution in [2.24, 2.45) is 10.1 Å². The van der Waals surface area contributed by atoms with Crippen molar-refractivity contribution >= 4 is 49.3 Å². The summed E-state index contributed by atoms with van der Waals surface area (Å²) in [6, 6.07) is 19.8. The van der Waals surface area contributed by atoms with Gasteiger partial charge in [0.05, 0.1) is 10.6 Å². The third-order valence-electron chi connectivity index (χ3n) is 3.97. The van der Waals surface area contributed by atoms with Gasteiger partial charge in [-0.3, -0.25) is 4.79 Å². The topological polar surface area (TPSA) is 102 Å². The number of amides is 1. The minimum absolute atomic E-state index is 0.00362. The van der Waals surface area contributed by atoms with Gasteiger partial charge < -0.3 is 11.1 Å². The van der Waals surface area contributed by atoms with Crippen molar-refractivity contribution < 1.29 is 13.2 Å². The standard InChI is InChI=1S/C20H19N3O3S2/c1-14-9-11-16(12-10-14)28(25,26)23-19(13-27-20(21)24)22-18-8-4-6-15-5-2-3-7-17(15)18/h2-12H,13H2,1H3,(H2,21,24)(H,22,23). The average Bonchev–Trinajstić information content (AvgIpc) is 2.66. The van der Waals surface area contributed by atoms with Gasteiger partial charge in [-0.25, -0.2) is 0 Å². The lowest BCUT2D eigenvalue weighted by Crippen LogP contribution is -2.19. The normalized spacial score (nSPS) is 12.1. The Labute approximate surface area is 167 Å². The predicted octanol–water partition coefficient (Wildman–Crippen LogP) is 4.16. The van der Waals surface area contributed by atoms with Gasteiger partial charge in [0.15, 0.2) is 0 Å². The van der Waals surface area contributed by atoms with Crippen molar-refractivity contribution in [3.63, 3.8) is 0 Å². The van der Waals surface area contributed by atoms with Crippen molar-refractivity contribution in [3.8, 4) is 0 Å². The zero-order valence-electron chi connectivity index (χ0n) is 15.1. The maximum Gasteiger partial charge on any atom is 0.283 e. The number of rotatable bonds is 5. The van der Waals surface area contributed by atoms with Gasteiger partial charge in [0, 0.05) is 11.1 Å². The number of carbonyl (C=O) groups excluding carboxylic acids is 1. The second-order valence-electron chi connectivity index (χ2n) is 6.09. The maximum absolute atomic E-state index is 12.7. The molecule has 144 valence electrons.